The number of amides is 4. The summed E-state index contributed by atoms with van der Waals surface area (Å²) in [4.78, 5) is 38.6. The van der Waals surface area contributed by atoms with Crippen LogP contribution >= 0.6 is 0 Å². The molecule has 1 atom stereocenters. The number of urea groups is 1. The lowest BCUT2D eigenvalue weighted by atomic mass is 9.87. The molecule has 0 saturated carbocycles. The van der Waals surface area contributed by atoms with Crippen LogP contribution in [0.3, 0.4) is 0 Å². The van der Waals surface area contributed by atoms with Crippen LogP contribution in [0.25, 0.3) is 0 Å². The van der Waals surface area contributed by atoms with Crippen molar-refractivity contribution in [2.45, 2.75) is 31.7 Å². The van der Waals surface area contributed by atoms with Crippen molar-refractivity contribution < 1.29 is 14.4 Å². The first-order valence-electron chi connectivity index (χ1n) is 9.57. The number of aryl methyl sites for hydroxylation is 1. The van der Waals surface area contributed by atoms with Crippen LogP contribution in [0.15, 0.2) is 60.7 Å². The predicted molar refractivity (Wildman–Crippen MR) is 106 cm³/mol. The molecule has 0 radical (unpaired) electrons. The largest absolute Gasteiger partial charge is 0.355 e. The molecule has 0 aromatic heterocycles. The Kier molecular flexibility index (Phi) is 6.09. The fourth-order valence-corrected chi connectivity index (χ4v) is 3.50. The van der Waals surface area contributed by atoms with E-state index in [0.717, 1.165) is 23.3 Å². The molecule has 2 N–H and O–H groups in total. The molecule has 1 unspecified atom stereocenters. The third-order valence-electron chi connectivity index (χ3n) is 5.08. The van der Waals surface area contributed by atoms with E-state index in [1.54, 1.807) is 0 Å². The number of benzene rings is 2. The van der Waals surface area contributed by atoms with Crippen LogP contribution < -0.4 is 10.6 Å². The quantitative estimate of drug-likeness (QED) is 0.547. The second-order valence-electron chi connectivity index (χ2n) is 6.89. The van der Waals surface area contributed by atoms with Gasteiger partial charge < -0.3 is 10.6 Å². The molecule has 1 aliphatic rings. The van der Waals surface area contributed by atoms with Crippen molar-refractivity contribution in [1.82, 2.24) is 15.5 Å². The Morgan fingerprint density at radius 2 is 1.68 bits per heavy atom. The molecule has 1 heterocycles. The molecular weight excluding hydrogens is 354 g/mol. The Labute approximate surface area is 164 Å². The lowest BCUT2D eigenvalue weighted by Gasteiger charge is -2.25. The molecule has 2 aromatic carbocycles. The second-order valence-corrected chi connectivity index (χ2v) is 6.89. The van der Waals surface area contributed by atoms with Crippen molar-refractivity contribution in [1.29, 1.82) is 0 Å². The number of imide groups is 1. The summed E-state index contributed by atoms with van der Waals surface area (Å²) in [6, 6.07) is 18.6. The van der Waals surface area contributed by atoms with Crippen molar-refractivity contribution in [2.24, 2.45) is 0 Å². The van der Waals surface area contributed by atoms with Crippen molar-refractivity contribution in [3.8, 4) is 0 Å². The van der Waals surface area contributed by atoms with Gasteiger partial charge in [-0.3, -0.25) is 14.5 Å². The highest BCUT2D eigenvalue weighted by Gasteiger charge is 2.51. The summed E-state index contributed by atoms with van der Waals surface area (Å²) < 4.78 is 0. The molecule has 3 rings (SSSR count). The zero-order valence-corrected chi connectivity index (χ0v) is 16.0. The fourth-order valence-electron chi connectivity index (χ4n) is 3.50. The minimum atomic E-state index is -1.11. The van der Waals surface area contributed by atoms with Gasteiger partial charge in [-0.15, -0.1) is 0 Å². The number of carbonyl (C=O) groups is 3. The van der Waals surface area contributed by atoms with Gasteiger partial charge in [-0.25, -0.2) is 4.79 Å². The summed E-state index contributed by atoms with van der Waals surface area (Å²) in [5, 5.41) is 5.58. The molecule has 1 aliphatic heterocycles. The Bertz CT molecular complexity index is 839. The Morgan fingerprint density at radius 1 is 1.04 bits per heavy atom. The zero-order chi connectivity index (χ0) is 20.0. The van der Waals surface area contributed by atoms with Gasteiger partial charge in [0.05, 0.1) is 0 Å². The van der Waals surface area contributed by atoms with Gasteiger partial charge in [-0.05, 0) is 30.4 Å². The van der Waals surface area contributed by atoms with Gasteiger partial charge in [-0.1, -0.05) is 67.6 Å². The molecule has 6 heteroatoms. The maximum Gasteiger partial charge on any atom is 0.325 e. The predicted octanol–water partition coefficient (Wildman–Crippen LogP) is 2.59. The molecule has 6 nitrogen and oxygen atoms in total. The van der Waals surface area contributed by atoms with Crippen LogP contribution in [-0.2, 0) is 21.5 Å². The van der Waals surface area contributed by atoms with Crippen LogP contribution in [0.5, 0.6) is 0 Å². The first kappa shape index (κ1) is 19.6. The second kappa shape index (κ2) is 8.69. The molecule has 0 bridgehead atoms. The Balaban J connectivity index is 1.56. The minimum Gasteiger partial charge on any atom is -0.355 e. The maximum atomic E-state index is 13.0. The van der Waals surface area contributed by atoms with Gasteiger partial charge in [0.15, 0.2) is 0 Å². The summed E-state index contributed by atoms with van der Waals surface area (Å²) in [5.74, 6) is -0.720. The van der Waals surface area contributed by atoms with Crippen molar-refractivity contribution >= 4 is 17.8 Å². The molecule has 28 heavy (non-hydrogen) atoms. The summed E-state index contributed by atoms with van der Waals surface area (Å²) in [6.45, 7) is 2.07. The molecule has 0 spiro atoms. The van der Waals surface area contributed by atoms with E-state index in [4.69, 9.17) is 0 Å². The third kappa shape index (κ3) is 4.06. The van der Waals surface area contributed by atoms with E-state index in [0.29, 0.717) is 13.0 Å². The summed E-state index contributed by atoms with van der Waals surface area (Å²) in [7, 11) is 0. The Hall–Kier alpha value is -3.15. The van der Waals surface area contributed by atoms with Crippen LogP contribution in [0.4, 0.5) is 4.79 Å². The minimum absolute atomic E-state index is 0.273. The van der Waals surface area contributed by atoms with Gasteiger partial charge >= 0.3 is 6.03 Å². The number of nitrogens with one attached hydrogen (secondary N) is 2. The first-order chi connectivity index (χ1) is 13.6. The number of carbonyl (C=O) groups excluding carboxylic acids is 3. The first-order valence-corrected chi connectivity index (χ1v) is 9.57. The van der Waals surface area contributed by atoms with Crippen molar-refractivity contribution in [3.05, 3.63) is 71.8 Å². The van der Waals surface area contributed by atoms with E-state index in [2.05, 4.69) is 10.6 Å². The molecule has 1 saturated heterocycles. The summed E-state index contributed by atoms with van der Waals surface area (Å²) >= 11 is 0. The number of hydrogen-bond donors (Lipinski definition) is 2. The normalized spacial score (nSPS) is 18.8. The maximum absolute atomic E-state index is 13.0. The average Bonchev–Trinajstić information content (AvgIpc) is 2.98. The van der Waals surface area contributed by atoms with E-state index in [-0.39, 0.29) is 18.4 Å². The van der Waals surface area contributed by atoms with Gasteiger partial charge in [-0.2, -0.15) is 0 Å². The van der Waals surface area contributed by atoms with Crippen molar-refractivity contribution in [3.63, 3.8) is 0 Å². The highest BCUT2D eigenvalue weighted by molar-refractivity contribution is 6.09. The van der Waals surface area contributed by atoms with Gasteiger partial charge in [0.2, 0.25) is 5.91 Å². The lowest BCUT2D eigenvalue weighted by molar-refractivity contribution is -0.135. The molecule has 4 amide bonds. The van der Waals surface area contributed by atoms with Gasteiger partial charge in [0.1, 0.15) is 12.1 Å². The lowest BCUT2D eigenvalue weighted by Crippen LogP contribution is -2.44. The molecule has 1 fully saturated rings. The van der Waals surface area contributed by atoms with Crippen LogP contribution in [0, 0.1) is 0 Å². The van der Waals surface area contributed by atoms with E-state index in [1.165, 1.54) is 5.56 Å². The average molecular weight is 379 g/mol. The van der Waals surface area contributed by atoms with Crippen LogP contribution in [0.1, 0.15) is 30.9 Å². The standard InChI is InChI=1S/C22H25N3O3/c1-2-22(18-13-7-4-8-14-18)20(27)25(21(28)24-22)16-19(26)23-15-9-12-17-10-5-3-6-11-17/h3-8,10-11,13-14H,2,9,12,15-16H2,1H3,(H,23,26)(H,24,28). The molecule has 2 aromatic rings. The summed E-state index contributed by atoms with van der Waals surface area (Å²) in [6.07, 6.45) is 2.06. The van der Waals surface area contributed by atoms with E-state index in [1.807, 2.05) is 67.6 Å². The third-order valence-corrected chi connectivity index (χ3v) is 5.08. The Morgan fingerprint density at radius 3 is 2.32 bits per heavy atom. The van der Waals surface area contributed by atoms with Crippen LogP contribution in [0.2, 0.25) is 0 Å². The topological polar surface area (TPSA) is 78.5 Å². The highest BCUT2D eigenvalue weighted by Crippen LogP contribution is 2.32. The fraction of sp³-hybridized carbons (Fsp3) is 0.318. The highest BCUT2D eigenvalue weighted by atomic mass is 16.2. The monoisotopic (exact) mass is 379 g/mol. The molecule has 0 aliphatic carbocycles. The van der Waals surface area contributed by atoms with Gasteiger partial charge in [0, 0.05) is 6.54 Å². The summed E-state index contributed by atoms with van der Waals surface area (Å²) in [5.41, 5.74) is 0.828. The van der Waals surface area contributed by atoms with E-state index in [9.17, 15) is 14.4 Å². The zero-order valence-electron chi connectivity index (χ0n) is 16.0. The van der Waals surface area contributed by atoms with Gasteiger partial charge in [0.25, 0.3) is 5.91 Å². The smallest absolute Gasteiger partial charge is 0.325 e. The van der Waals surface area contributed by atoms with Crippen molar-refractivity contribution in [2.75, 3.05) is 13.1 Å². The molecular formula is C22H25N3O3. The van der Waals surface area contributed by atoms with Crippen LogP contribution in [-0.4, -0.2) is 35.8 Å². The number of hydrogen-bond acceptors (Lipinski definition) is 3. The SMILES string of the molecule is CCC1(c2ccccc2)NC(=O)N(CC(=O)NCCCc2ccccc2)C1=O. The molecule has 146 valence electrons. The number of nitrogens with zero attached hydrogens (tertiary/aromatic N) is 1. The number of rotatable bonds is 8. The van der Waals surface area contributed by atoms with E-state index < -0.39 is 11.6 Å². The van der Waals surface area contributed by atoms with E-state index >= 15 is 0 Å².